The van der Waals surface area contributed by atoms with Gasteiger partial charge in [-0.25, -0.2) is 4.79 Å². The first kappa shape index (κ1) is 12.1. The molecule has 2 N–H and O–H groups in total. The largest absolute Gasteiger partial charge is 0.480 e. The zero-order valence-corrected chi connectivity index (χ0v) is 9.45. The molecule has 1 rings (SSSR count). The molecule has 16 heavy (non-hydrogen) atoms. The van der Waals surface area contributed by atoms with Gasteiger partial charge in [-0.1, -0.05) is 24.6 Å². The summed E-state index contributed by atoms with van der Waals surface area (Å²) in [5.74, 6) is -0.934. The standard InChI is InChI=1S/C13H15NO2/c1-4-14-12(13(15)16)8-11-6-5-9(2)10(3)7-11/h1,5-7,12,14H,8H2,2-3H3,(H,15,16)/t12-/m0/s1. The summed E-state index contributed by atoms with van der Waals surface area (Å²) in [6.07, 6.45) is 5.44. The average Bonchev–Trinajstić information content (AvgIpc) is 2.22. The van der Waals surface area contributed by atoms with Crippen molar-refractivity contribution < 1.29 is 9.90 Å². The number of hydrogen-bond donors (Lipinski definition) is 2. The minimum Gasteiger partial charge on any atom is -0.480 e. The molecule has 0 aliphatic heterocycles. The summed E-state index contributed by atoms with van der Waals surface area (Å²) >= 11 is 0. The third-order valence-corrected chi connectivity index (χ3v) is 2.57. The van der Waals surface area contributed by atoms with Gasteiger partial charge in [0, 0.05) is 12.5 Å². The fraction of sp³-hybridized carbons (Fsp3) is 0.308. The first-order valence-electron chi connectivity index (χ1n) is 5.04. The summed E-state index contributed by atoms with van der Waals surface area (Å²) < 4.78 is 0. The van der Waals surface area contributed by atoms with Crippen molar-refractivity contribution in [2.45, 2.75) is 26.3 Å². The van der Waals surface area contributed by atoms with E-state index in [1.54, 1.807) is 0 Å². The van der Waals surface area contributed by atoms with Crippen LogP contribution in [0, 0.1) is 26.3 Å². The van der Waals surface area contributed by atoms with E-state index < -0.39 is 12.0 Å². The van der Waals surface area contributed by atoms with Gasteiger partial charge in [0.25, 0.3) is 0 Å². The number of carboxylic acid groups (broad SMARTS) is 1. The van der Waals surface area contributed by atoms with Crippen LogP contribution in [0.3, 0.4) is 0 Å². The Kier molecular flexibility index (Phi) is 3.96. The Morgan fingerprint density at radius 2 is 2.19 bits per heavy atom. The van der Waals surface area contributed by atoms with Gasteiger partial charge in [-0.05, 0) is 30.5 Å². The van der Waals surface area contributed by atoms with E-state index in [0.717, 1.165) is 11.1 Å². The molecule has 84 valence electrons. The highest BCUT2D eigenvalue weighted by Crippen LogP contribution is 2.11. The maximum atomic E-state index is 10.9. The van der Waals surface area contributed by atoms with Crippen LogP contribution in [0.5, 0.6) is 0 Å². The number of carbonyl (C=O) groups is 1. The number of carboxylic acids is 1. The van der Waals surface area contributed by atoms with Crippen molar-refractivity contribution in [3.05, 3.63) is 34.9 Å². The molecule has 0 spiro atoms. The number of hydrogen-bond acceptors (Lipinski definition) is 2. The highest BCUT2D eigenvalue weighted by Gasteiger charge is 2.16. The molecule has 0 radical (unpaired) electrons. The third kappa shape index (κ3) is 3.03. The van der Waals surface area contributed by atoms with E-state index in [9.17, 15) is 4.79 Å². The quantitative estimate of drug-likeness (QED) is 0.593. The van der Waals surface area contributed by atoms with Crippen molar-refractivity contribution in [3.8, 4) is 12.5 Å². The van der Waals surface area contributed by atoms with E-state index in [2.05, 4.69) is 11.4 Å². The van der Waals surface area contributed by atoms with Crippen LogP contribution in [0.15, 0.2) is 18.2 Å². The summed E-state index contributed by atoms with van der Waals surface area (Å²) in [5.41, 5.74) is 3.32. The van der Waals surface area contributed by atoms with Gasteiger partial charge in [-0.3, -0.25) is 0 Å². The average molecular weight is 217 g/mol. The Bertz CT molecular complexity index is 432. The van der Waals surface area contributed by atoms with Crippen LogP contribution < -0.4 is 5.32 Å². The van der Waals surface area contributed by atoms with Crippen molar-refractivity contribution >= 4 is 5.97 Å². The predicted octanol–water partition coefficient (Wildman–Crippen LogP) is 1.48. The number of rotatable bonds is 4. The number of terminal acetylenes is 1. The van der Waals surface area contributed by atoms with Crippen LogP contribution in [-0.2, 0) is 11.2 Å². The molecule has 0 bridgehead atoms. The van der Waals surface area contributed by atoms with E-state index in [1.807, 2.05) is 32.0 Å². The number of benzene rings is 1. The van der Waals surface area contributed by atoms with Crippen molar-refractivity contribution in [3.63, 3.8) is 0 Å². The van der Waals surface area contributed by atoms with Crippen LogP contribution in [-0.4, -0.2) is 17.1 Å². The van der Waals surface area contributed by atoms with Gasteiger partial charge in [-0.15, -0.1) is 0 Å². The maximum absolute atomic E-state index is 10.9. The van der Waals surface area contributed by atoms with E-state index in [1.165, 1.54) is 5.56 Å². The Labute approximate surface area is 95.5 Å². The molecule has 1 atom stereocenters. The minimum absolute atomic E-state index is 0.390. The second kappa shape index (κ2) is 5.22. The molecule has 0 aromatic heterocycles. The number of aliphatic carboxylic acids is 1. The molecule has 0 heterocycles. The van der Waals surface area contributed by atoms with Crippen LogP contribution >= 0.6 is 0 Å². The Morgan fingerprint density at radius 3 is 2.69 bits per heavy atom. The Morgan fingerprint density at radius 1 is 1.50 bits per heavy atom. The molecule has 0 saturated heterocycles. The highest BCUT2D eigenvalue weighted by atomic mass is 16.4. The number of nitrogens with one attached hydrogen (secondary N) is 1. The third-order valence-electron chi connectivity index (χ3n) is 2.57. The van der Waals surface area contributed by atoms with Crippen molar-refractivity contribution in [2.24, 2.45) is 0 Å². The van der Waals surface area contributed by atoms with Gasteiger partial charge in [0.1, 0.15) is 6.04 Å². The SMILES string of the molecule is C#CN[C@@H](Cc1ccc(C)c(C)c1)C(=O)O. The molecule has 1 aromatic carbocycles. The van der Waals surface area contributed by atoms with Gasteiger partial charge < -0.3 is 10.4 Å². The maximum Gasteiger partial charge on any atom is 0.327 e. The molecule has 0 fully saturated rings. The van der Waals surface area contributed by atoms with Gasteiger partial charge in [0.2, 0.25) is 0 Å². The molecule has 0 aliphatic rings. The summed E-state index contributed by atoms with van der Waals surface area (Å²) in [6.45, 7) is 4.02. The first-order chi connectivity index (χ1) is 7.54. The lowest BCUT2D eigenvalue weighted by molar-refractivity contribution is -0.139. The topological polar surface area (TPSA) is 49.3 Å². The van der Waals surface area contributed by atoms with Crippen molar-refractivity contribution in [2.75, 3.05) is 0 Å². The molecular formula is C13H15NO2. The van der Waals surface area contributed by atoms with Crippen LogP contribution in [0.1, 0.15) is 16.7 Å². The second-order valence-corrected chi connectivity index (χ2v) is 3.80. The van der Waals surface area contributed by atoms with Gasteiger partial charge in [0.15, 0.2) is 0 Å². The minimum atomic E-state index is -0.934. The lowest BCUT2D eigenvalue weighted by Gasteiger charge is -2.12. The molecular weight excluding hydrogens is 202 g/mol. The predicted molar refractivity (Wildman–Crippen MR) is 63.0 cm³/mol. The first-order valence-corrected chi connectivity index (χ1v) is 5.04. The Balaban J connectivity index is 2.82. The van der Waals surface area contributed by atoms with Crippen molar-refractivity contribution in [1.29, 1.82) is 0 Å². The molecule has 0 unspecified atom stereocenters. The molecule has 3 nitrogen and oxygen atoms in total. The van der Waals surface area contributed by atoms with Gasteiger partial charge >= 0.3 is 5.97 Å². The fourth-order valence-electron chi connectivity index (χ4n) is 1.47. The monoisotopic (exact) mass is 217 g/mol. The van der Waals surface area contributed by atoms with Crippen LogP contribution in [0.2, 0.25) is 0 Å². The fourth-order valence-corrected chi connectivity index (χ4v) is 1.47. The summed E-state index contributed by atoms with van der Waals surface area (Å²) in [6, 6.07) is 7.34. The summed E-state index contributed by atoms with van der Waals surface area (Å²) in [4.78, 5) is 10.9. The smallest absolute Gasteiger partial charge is 0.327 e. The van der Waals surface area contributed by atoms with E-state index in [-0.39, 0.29) is 0 Å². The highest BCUT2D eigenvalue weighted by molar-refractivity contribution is 5.74. The molecule has 0 saturated carbocycles. The van der Waals surface area contributed by atoms with Crippen LogP contribution in [0.4, 0.5) is 0 Å². The van der Waals surface area contributed by atoms with E-state index in [4.69, 9.17) is 11.5 Å². The summed E-state index contributed by atoms with van der Waals surface area (Å²) in [5, 5.41) is 11.4. The molecule has 3 heteroatoms. The lowest BCUT2D eigenvalue weighted by atomic mass is 10.0. The van der Waals surface area contributed by atoms with E-state index in [0.29, 0.717) is 6.42 Å². The number of aryl methyl sites for hydroxylation is 2. The summed E-state index contributed by atoms with van der Waals surface area (Å²) in [7, 11) is 0. The van der Waals surface area contributed by atoms with Gasteiger partial charge in [0.05, 0.1) is 0 Å². The molecule has 0 amide bonds. The van der Waals surface area contributed by atoms with Crippen LogP contribution in [0.25, 0.3) is 0 Å². The Hall–Kier alpha value is -1.95. The second-order valence-electron chi connectivity index (χ2n) is 3.80. The zero-order valence-electron chi connectivity index (χ0n) is 9.45. The van der Waals surface area contributed by atoms with E-state index >= 15 is 0 Å². The van der Waals surface area contributed by atoms with Crippen molar-refractivity contribution in [1.82, 2.24) is 5.32 Å². The van der Waals surface area contributed by atoms with Gasteiger partial charge in [-0.2, -0.15) is 0 Å². The molecule has 1 aromatic rings. The normalized spacial score (nSPS) is 11.6. The zero-order chi connectivity index (χ0) is 12.1. The lowest BCUT2D eigenvalue weighted by Crippen LogP contribution is -2.35. The molecule has 0 aliphatic carbocycles.